The van der Waals surface area contributed by atoms with E-state index in [4.69, 9.17) is 0 Å². The molecule has 0 spiro atoms. The SMILES string of the molecule is CCC(=O)Nc1ccc(N/C(=C/C(=O)c2ccc(C)cc2)SC)c(C)c1. The third-order valence-electron chi connectivity index (χ3n) is 3.91. The average molecular weight is 369 g/mol. The van der Waals surface area contributed by atoms with E-state index >= 15 is 0 Å². The molecule has 0 bridgehead atoms. The van der Waals surface area contributed by atoms with Gasteiger partial charge in [-0.1, -0.05) is 36.8 Å². The van der Waals surface area contributed by atoms with E-state index in [0.29, 0.717) is 12.0 Å². The largest absolute Gasteiger partial charge is 0.350 e. The van der Waals surface area contributed by atoms with Gasteiger partial charge in [-0.05, 0) is 43.9 Å². The van der Waals surface area contributed by atoms with Gasteiger partial charge < -0.3 is 10.6 Å². The molecule has 0 unspecified atom stereocenters. The minimum Gasteiger partial charge on any atom is -0.350 e. The van der Waals surface area contributed by atoms with Crippen molar-refractivity contribution in [3.05, 3.63) is 70.3 Å². The molecule has 0 fully saturated rings. The number of aryl methyl sites for hydroxylation is 2. The quantitative estimate of drug-likeness (QED) is 0.524. The maximum atomic E-state index is 12.4. The lowest BCUT2D eigenvalue weighted by molar-refractivity contribution is -0.115. The van der Waals surface area contributed by atoms with Gasteiger partial charge in [0, 0.05) is 29.4 Å². The summed E-state index contributed by atoms with van der Waals surface area (Å²) in [4.78, 5) is 23.9. The normalized spacial score (nSPS) is 11.2. The first-order chi connectivity index (χ1) is 12.4. The highest BCUT2D eigenvalue weighted by Crippen LogP contribution is 2.24. The summed E-state index contributed by atoms with van der Waals surface area (Å²) in [5.41, 5.74) is 4.45. The zero-order valence-corrected chi connectivity index (χ0v) is 16.4. The van der Waals surface area contributed by atoms with Crippen molar-refractivity contribution in [2.24, 2.45) is 0 Å². The van der Waals surface area contributed by atoms with Crippen LogP contribution < -0.4 is 10.6 Å². The molecule has 0 saturated carbocycles. The molecule has 26 heavy (non-hydrogen) atoms. The van der Waals surface area contributed by atoms with Crippen LogP contribution in [0, 0.1) is 13.8 Å². The monoisotopic (exact) mass is 368 g/mol. The van der Waals surface area contributed by atoms with E-state index in [9.17, 15) is 9.59 Å². The molecule has 2 aromatic rings. The van der Waals surface area contributed by atoms with Crippen LogP contribution in [0.4, 0.5) is 11.4 Å². The van der Waals surface area contributed by atoms with Crippen LogP contribution in [0.15, 0.2) is 53.6 Å². The minimum atomic E-state index is -0.0358. The zero-order chi connectivity index (χ0) is 19.1. The molecule has 2 aromatic carbocycles. The number of hydrogen-bond acceptors (Lipinski definition) is 4. The Labute approximate surface area is 159 Å². The van der Waals surface area contributed by atoms with Gasteiger partial charge in [-0.15, -0.1) is 11.8 Å². The number of carbonyl (C=O) groups is 2. The van der Waals surface area contributed by atoms with Crippen LogP contribution in [0.5, 0.6) is 0 Å². The molecule has 4 nitrogen and oxygen atoms in total. The molecule has 0 aromatic heterocycles. The molecule has 5 heteroatoms. The first-order valence-corrected chi connectivity index (χ1v) is 9.69. The van der Waals surface area contributed by atoms with E-state index in [1.807, 2.05) is 69.5 Å². The van der Waals surface area contributed by atoms with Crippen LogP contribution in [0.1, 0.15) is 34.8 Å². The Balaban J connectivity index is 2.15. The van der Waals surface area contributed by atoms with Crippen molar-refractivity contribution >= 4 is 34.8 Å². The van der Waals surface area contributed by atoms with Crippen molar-refractivity contribution in [2.45, 2.75) is 27.2 Å². The molecule has 1 amide bonds. The van der Waals surface area contributed by atoms with Crippen LogP contribution >= 0.6 is 11.8 Å². The number of thioether (sulfide) groups is 1. The van der Waals surface area contributed by atoms with E-state index in [-0.39, 0.29) is 11.7 Å². The average Bonchev–Trinajstić information content (AvgIpc) is 2.63. The Morgan fingerprint density at radius 1 is 1.04 bits per heavy atom. The summed E-state index contributed by atoms with van der Waals surface area (Å²) < 4.78 is 0. The van der Waals surface area contributed by atoms with Crippen LogP contribution in [0.25, 0.3) is 0 Å². The van der Waals surface area contributed by atoms with Crippen LogP contribution in [-0.4, -0.2) is 17.9 Å². The fourth-order valence-corrected chi connectivity index (χ4v) is 2.77. The van der Waals surface area contributed by atoms with Gasteiger partial charge in [0.05, 0.1) is 5.03 Å². The summed E-state index contributed by atoms with van der Waals surface area (Å²) in [5, 5.41) is 6.91. The number of benzene rings is 2. The molecule has 0 atom stereocenters. The maximum Gasteiger partial charge on any atom is 0.224 e. The first kappa shape index (κ1) is 19.8. The van der Waals surface area contributed by atoms with Crippen molar-refractivity contribution in [3.8, 4) is 0 Å². The van der Waals surface area contributed by atoms with E-state index in [0.717, 1.165) is 27.5 Å². The van der Waals surface area contributed by atoms with Gasteiger partial charge in [-0.2, -0.15) is 0 Å². The van der Waals surface area contributed by atoms with Crippen molar-refractivity contribution in [2.75, 3.05) is 16.9 Å². The lowest BCUT2D eigenvalue weighted by atomic mass is 10.1. The smallest absolute Gasteiger partial charge is 0.224 e. The molecule has 0 aliphatic heterocycles. The lowest BCUT2D eigenvalue weighted by Crippen LogP contribution is -2.10. The summed E-state index contributed by atoms with van der Waals surface area (Å²) in [6.45, 7) is 5.77. The third-order valence-corrected chi connectivity index (χ3v) is 4.57. The fraction of sp³-hybridized carbons (Fsp3) is 0.238. The fourth-order valence-electron chi connectivity index (χ4n) is 2.33. The number of hydrogen-bond donors (Lipinski definition) is 2. The van der Waals surface area contributed by atoms with E-state index in [2.05, 4.69) is 10.6 Å². The molecule has 136 valence electrons. The second-order valence-electron chi connectivity index (χ2n) is 6.00. The van der Waals surface area contributed by atoms with E-state index in [1.54, 1.807) is 6.08 Å². The summed E-state index contributed by atoms with van der Waals surface area (Å²) in [6, 6.07) is 13.2. The Kier molecular flexibility index (Phi) is 7.04. The molecule has 0 saturated heterocycles. The van der Waals surface area contributed by atoms with Gasteiger partial charge in [-0.25, -0.2) is 0 Å². The minimum absolute atomic E-state index is 0.0153. The summed E-state index contributed by atoms with van der Waals surface area (Å²) in [5.74, 6) is -0.0511. The lowest BCUT2D eigenvalue weighted by Gasteiger charge is -2.13. The third kappa shape index (κ3) is 5.49. The predicted molar refractivity (Wildman–Crippen MR) is 111 cm³/mol. The molecule has 0 heterocycles. The standard InChI is InChI=1S/C21H24N2O2S/c1-5-20(25)22-17-10-11-18(15(3)12-17)23-21(26-4)13-19(24)16-8-6-14(2)7-9-16/h6-13,23H,5H2,1-4H3,(H,22,25)/b21-13-. The number of ketones is 1. The summed E-state index contributed by atoms with van der Waals surface area (Å²) >= 11 is 1.48. The molecule has 2 rings (SSSR count). The van der Waals surface area contributed by atoms with Gasteiger partial charge in [0.2, 0.25) is 5.91 Å². The van der Waals surface area contributed by atoms with Gasteiger partial charge in [-0.3, -0.25) is 9.59 Å². The molecule has 2 N–H and O–H groups in total. The molecule has 0 radical (unpaired) electrons. The van der Waals surface area contributed by atoms with Gasteiger partial charge in [0.1, 0.15) is 0 Å². The van der Waals surface area contributed by atoms with E-state index < -0.39 is 0 Å². The Morgan fingerprint density at radius 2 is 1.73 bits per heavy atom. The van der Waals surface area contributed by atoms with Gasteiger partial charge >= 0.3 is 0 Å². The summed E-state index contributed by atoms with van der Waals surface area (Å²) in [7, 11) is 0. The van der Waals surface area contributed by atoms with E-state index in [1.165, 1.54) is 11.8 Å². The summed E-state index contributed by atoms with van der Waals surface area (Å²) in [6.07, 6.45) is 3.98. The highest BCUT2D eigenvalue weighted by atomic mass is 32.2. The van der Waals surface area contributed by atoms with Gasteiger partial charge in [0.25, 0.3) is 0 Å². The van der Waals surface area contributed by atoms with Crippen molar-refractivity contribution in [1.82, 2.24) is 0 Å². The van der Waals surface area contributed by atoms with Crippen LogP contribution in [0.2, 0.25) is 0 Å². The topological polar surface area (TPSA) is 58.2 Å². The Morgan fingerprint density at radius 3 is 2.31 bits per heavy atom. The Hall–Kier alpha value is -2.53. The molecule has 0 aliphatic carbocycles. The molecular weight excluding hydrogens is 344 g/mol. The Bertz CT molecular complexity index is 826. The number of anilines is 2. The number of nitrogens with one attached hydrogen (secondary N) is 2. The number of amides is 1. The second kappa shape index (κ2) is 9.25. The first-order valence-electron chi connectivity index (χ1n) is 8.47. The molecular formula is C21H24N2O2S. The van der Waals surface area contributed by atoms with Crippen molar-refractivity contribution in [3.63, 3.8) is 0 Å². The van der Waals surface area contributed by atoms with Gasteiger partial charge in [0.15, 0.2) is 5.78 Å². The van der Waals surface area contributed by atoms with Crippen LogP contribution in [-0.2, 0) is 4.79 Å². The van der Waals surface area contributed by atoms with Crippen LogP contribution in [0.3, 0.4) is 0 Å². The van der Waals surface area contributed by atoms with Crippen molar-refractivity contribution in [1.29, 1.82) is 0 Å². The number of carbonyl (C=O) groups excluding carboxylic acids is 2. The number of allylic oxidation sites excluding steroid dienone is 1. The maximum absolute atomic E-state index is 12.4. The highest BCUT2D eigenvalue weighted by molar-refractivity contribution is 8.02. The predicted octanol–water partition coefficient (Wildman–Crippen LogP) is 5.15. The second-order valence-corrected chi connectivity index (χ2v) is 6.85. The number of rotatable bonds is 7. The zero-order valence-electron chi connectivity index (χ0n) is 15.6. The molecule has 0 aliphatic rings. The van der Waals surface area contributed by atoms with Crippen molar-refractivity contribution < 1.29 is 9.59 Å². The highest BCUT2D eigenvalue weighted by Gasteiger charge is 2.08.